The van der Waals surface area contributed by atoms with Gasteiger partial charge in [0.05, 0.1) is 12.8 Å². The number of anilines is 1. The largest absolute Gasteiger partial charge is 0.494 e. The molecule has 2 N–H and O–H groups in total. The summed E-state index contributed by atoms with van der Waals surface area (Å²) < 4.78 is 18.0. The highest BCUT2D eigenvalue weighted by Crippen LogP contribution is 2.24. The maximum Gasteiger partial charge on any atom is 0.314 e. The molecule has 1 aromatic rings. The van der Waals surface area contributed by atoms with Gasteiger partial charge in [-0.1, -0.05) is 0 Å². The van der Waals surface area contributed by atoms with Gasteiger partial charge in [0.1, 0.15) is 11.6 Å². The Labute approximate surface area is 115 Å². The number of halogens is 1. The first kappa shape index (κ1) is 14.3. The van der Waals surface area contributed by atoms with Gasteiger partial charge in [-0.2, -0.15) is 0 Å². The van der Waals surface area contributed by atoms with Gasteiger partial charge >= 0.3 is 11.8 Å². The summed E-state index contributed by atoms with van der Waals surface area (Å²) in [7, 11) is 1.36. The van der Waals surface area contributed by atoms with Crippen LogP contribution in [0.15, 0.2) is 18.2 Å². The fourth-order valence-electron chi connectivity index (χ4n) is 1.96. The fraction of sp³-hybridized carbons (Fsp3) is 0.385. The molecule has 0 aliphatic carbocycles. The number of hydrogen-bond acceptors (Lipinski definition) is 4. The summed E-state index contributed by atoms with van der Waals surface area (Å²) in [6, 6.07) is 3.69. The molecule has 6 nitrogen and oxygen atoms in total. The zero-order valence-electron chi connectivity index (χ0n) is 11.1. The summed E-state index contributed by atoms with van der Waals surface area (Å²) in [4.78, 5) is 25.3. The van der Waals surface area contributed by atoms with Crippen LogP contribution in [0.5, 0.6) is 5.75 Å². The molecule has 20 heavy (non-hydrogen) atoms. The van der Waals surface area contributed by atoms with E-state index in [-0.39, 0.29) is 11.4 Å². The molecular weight excluding hydrogens is 265 g/mol. The van der Waals surface area contributed by atoms with Crippen molar-refractivity contribution in [1.29, 1.82) is 0 Å². The summed E-state index contributed by atoms with van der Waals surface area (Å²) in [5.74, 6) is -1.66. The molecule has 0 bridgehead atoms. The average Bonchev–Trinajstić information content (AvgIpc) is 2.49. The fourth-order valence-corrected chi connectivity index (χ4v) is 1.96. The Morgan fingerprint density at radius 3 is 2.70 bits per heavy atom. The van der Waals surface area contributed by atoms with Crippen molar-refractivity contribution in [3.8, 4) is 5.75 Å². The second-order valence-electron chi connectivity index (χ2n) is 4.34. The lowest BCUT2D eigenvalue weighted by Crippen LogP contribution is -2.49. The van der Waals surface area contributed by atoms with Crippen molar-refractivity contribution < 1.29 is 18.7 Å². The van der Waals surface area contributed by atoms with Crippen LogP contribution in [0.25, 0.3) is 0 Å². The van der Waals surface area contributed by atoms with Crippen LogP contribution in [0, 0.1) is 5.82 Å². The van der Waals surface area contributed by atoms with Crippen molar-refractivity contribution in [2.45, 2.75) is 0 Å². The molecule has 0 unspecified atom stereocenters. The molecule has 0 aromatic heterocycles. The predicted molar refractivity (Wildman–Crippen MR) is 71.0 cm³/mol. The number of carbonyl (C=O) groups excluding carboxylic acids is 2. The molecule has 0 radical (unpaired) electrons. The van der Waals surface area contributed by atoms with Gasteiger partial charge in [-0.05, 0) is 12.1 Å². The number of carbonyl (C=O) groups is 2. The van der Waals surface area contributed by atoms with Crippen LogP contribution in [0.3, 0.4) is 0 Å². The molecule has 108 valence electrons. The standard InChI is InChI=1S/C13H16FN3O3/c1-20-11-8-9(14)2-3-10(11)16-12(18)13(19)17-6-4-15-5-7-17/h2-3,8,15H,4-7H2,1H3,(H,16,18). The molecule has 1 aliphatic rings. The third-order valence-electron chi connectivity index (χ3n) is 3.01. The lowest BCUT2D eigenvalue weighted by Gasteiger charge is -2.26. The lowest BCUT2D eigenvalue weighted by atomic mass is 10.2. The van der Waals surface area contributed by atoms with Crippen LogP contribution in [0.1, 0.15) is 0 Å². The van der Waals surface area contributed by atoms with E-state index < -0.39 is 17.6 Å². The van der Waals surface area contributed by atoms with E-state index in [9.17, 15) is 14.0 Å². The van der Waals surface area contributed by atoms with Gasteiger partial charge in [-0.25, -0.2) is 4.39 Å². The Kier molecular flexibility index (Phi) is 4.52. The van der Waals surface area contributed by atoms with Crippen LogP contribution in [0.2, 0.25) is 0 Å². The smallest absolute Gasteiger partial charge is 0.314 e. The van der Waals surface area contributed by atoms with Crippen molar-refractivity contribution in [1.82, 2.24) is 10.2 Å². The topological polar surface area (TPSA) is 70.7 Å². The second-order valence-corrected chi connectivity index (χ2v) is 4.34. The first-order valence-corrected chi connectivity index (χ1v) is 6.26. The summed E-state index contributed by atoms with van der Waals surface area (Å²) in [6.07, 6.45) is 0. The lowest BCUT2D eigenvalue weighted by molar-refractivity contribution is -0.143. The third-order valence-corrected chi connectivity index (χ3v) is 3.01. The number of benzene rings is 1. The zero-order chi connectivity index (χ0) is 14.5. The molecule has 0 spiro atoms. The van der Waals surface area contributed by atoms with E-state index in [1.165, 1.54) is 24.1 Å². The molecule has 2 rings (SSSR count). The highest BCUT2D eigenvalue weighted by Gasteiger charge is 2.24. The van der Waals surface area contributed by atoms with E-state index >= 15 is 0 Å². The molecule has 1 aliphatic heterocycles. The van der Waals surface area contributed by atoms with Gasteiger partial charge in [0, 0.05) is 32.2 Å². The number of piperazine rings is 1. The number of nitrogens with one attached hydrogen (secondary N) is 2. The Morgan fingerprint density at radius 2 is 2.05 bits per heavy atom. The SMILES string of the molecule is COc1cc(F)ccc1NC(=O)C(=O)N1CCNCC1. The number of hydrogen-bond donors (Lipinski definition) is 2. The van der Waals surface area contributed by atoms with E-state index in [1.54, 1.807) is 0 Å². The monoisotopic (exact) mass is 281 g/mol. The van der Waals surface area contributed by atoms with Gasteiger partial charge in [0.25, 0.3) is 0 Å². The molecule has 7 heteroatoms. The Hall–Kier alpha value is -2.15. The Bertz CT molecular complexity index is 516. The number of ether oxygens (including phenoxy) is 1. The summed E-state index contributed by atoms with van der Waals surface area (Å²) in [6.45, 7) is 2.32. The van der Waals surface area contributed by atoms with Crippen LogP contribution < -0.4 is 15.4 Å². The van der Waals surface area contributed by atoms with E-state index in [1.807, 2.05) is 0 Å². The van der Waals surface area contributed by atoms with Crippen molar-refractivity contribution >= 4 is 17.5 Å². The molecule has 0 saturated carbocycles. The summed E-state index contributed by atoms with van der Waals surface area (Å²) in [5, 5.41) is 5.54. The van der Waals surface area contributed by atoms with Crippen molar-refractivity contribution in [2.24, 2.45) is 0 Å². The van der Waals surface area contributed by atoms with E-state index in [2.05, 4.69) is 10.6 Å². The van der Waals surface area contributed by atoms with Gasteiger partial charge in [0.2, 0.25) is 0 Å². The van der Waals surface area contributed by atoms with Crippen molar-refractivity contribution in [3.63, 3.8) is 0 Å². The maximum absolute atomic E-state index is 13.0. The van der Waals surface area contributed by atoms with Crippen LogP contribution >= 0.6 is 0 Å². The minimum absolute atomic E-state index is 0.173. The molecule has 1 heterocycles. The Morgan fingerprint density at radius 1 is 1.35 bits per heavy atom. The molecule has 1 fully saturated rings. The number of rotatable bonds is 2. The molecule has 0 atom stereocenters. The van der Waals surface area contributed by atoms with Crippen molar-refractivity contribution in [2.75, 3.05) is 38.6 Å². The maximum atomic E-state index is 13.0. The second kappa shape index (κ2) is 6.33. The van der Waals surface area contributed by atoms with Gasteiger partial charge in [0.15, 0.2) is 0 Å². The van der Waals surface area contributed by atoms with Crippen LogP contribution in [0.4, 0.5) is 10.1 Å². The summed E-state index contributed by atoms with van der Waals surface area (Å²) >= 11 is 0. The van der Waals surface area contributed by atoms with Gasteiger partial charge < -0.3 is 20.3 Å². The van der Waals surface area contributed by atoms with E-state index in [0.717, 1.165) is 6.07 Å². The normalized spacial score (nSPS) is 14.8. The first-order valence-electron chi connectivity index (χ1n) is 6.26. The summed E-state index contributed by atoms with van der Waals surface area (Å²) in [5.41, 5.74) is 0.266. The van der Waals surface area contributed by atoms with Crippen molar-refractivity contribution in [3.05, 3.63) is 24.0 Å². The highest BCUT2D eigenvalue weighted by atomic mass is 19.1. The Balaban J connectivity index is 2.05. The van der Waals surface area contributed by atoms with Gasteiger partial charge in [-0.3, -0.25) is 9.59 Å². The van der Waals surface area contributed by atoms with E-state index in [4.69, 9.17) is 4.74 Å². The highest BCUT2D eigenvalue weighted by molar-refractivity contribution is 6.39. The third kappa shape index (κ3) is 3.24. The van der Waals surface area contributed by atoms with Gasteiger partial charge in [-0.15, -0.1) is 0 Å². The molecule has 1 aromatic carbocycles. The number of nitrogens with zero attached hydrogens (tertiary/aromatic N) is 1. The molecular formula is C13H16FN3O3. The quantitative estimate of drug-likeness (QED) is 0.760. The first-order chi connectivity index (χ1) is 9.61. The molecule has 2 amide bonds. The minimum Gasteiger partial charge on any atom is -0.494 e. The number of amides is 2. The van der Waals surface area contributed by atoms with Crippen LogP contribution in [-0.4, -0.2) is 50.0 Å². The number of methoxy groups -OCH3 is 1. The zero-order valence-corrected chi connectivity index (χ0v) is 11.1. The minimum atomic E-state index is -0.753. The van der Waals surface area contributed by atoms with E-state index in [0.29, 0.717) is 26.2 Å². The average molecular weight is 281 g/mol. The predicted octanol–water partition coefficient (Wildman–Crippen LogP) is 0.205. The molecule has 1 saturated heterocycles. The van der Waals surface area contributed by atoms with Crippen LogP contribution in [-0.2, 0) is 9.59 Å².